The van der Waals surface area contributed by atoms with E-state index in [4.69, 9.17) is 28.3 Å². The second-order valence-electron chi connectivity index (χ2n) is 5.16. The first kappa shape index (κ1) is 16.3. The molecule has 0 saturated heterocycles. The number of carbonyl (C=O) groups excluding carboxylic acids is 1. The van der Waals surface area contributed by atoms with Gasteiger partial charge in [-0.15, -0.1) is 0 Å². The minimum atomic E-state index is -0.958. The highest BCUT2D eigenvalue weighted by Crippen LogP contribution is 2.25. The molecule has 0 radical (unpaired) electrons. The van der Waals surface area contributed by atoms with E-state index in [2.05, 4.69) is 5.32 Å². The maximum absolute atomic E-state index is 11.9. The smallest absolute Gasteiger partial charge is 0.223 e. The number of rotatable bonds is 5. The Morgan fingerprint density at radius 2 is 1.95 bits per heavy atom. The lowest BCUT2D eigenvalue weighted by Gasteiger charge is -2.15. The van der Waals surface area contributed by atoms with Gasteiger partial charge in [0.2, 0.25) is 5.91 Å². The topological polar surface area (TPSA) is 69.6 Å². The van der Waals surface area contributed by atoms with Gasteiger partial charge in [0.15, 0.2) is 0 Å². The third-order valence-corrected chi connectivity index (χ3v) is 3.84. The molecule has 0 heterocycles. The van der Waals surface area contributed by atoms with Gasteiger partial charge in [-0.25, -0.2) is 0 Å². The molecule has 3 atom stereocenters. The van der Waals surface area contributed by atoms with Gasteiger partial charge < -0.3 is 15.5 Å². The average molecular weight is 330 g/mol. The summed E-state index contributed by atoms with van der Waals surface area (Å²) in [6.07, 6.45) is 3.41. The second kappa shape index (κ2) is 7.27. The van der Waals surface area contributed by atoms with Crippen molar-refractivity contribution in [2.45, 2.75) is 25.0 Å². The van der Waals surface area contributed by atoms with Gasteiger partial charge in [-0.05, 0) is 30.2 Å². The number of hydrogen-bond acceptors (Lipinski definition) is 3. The SMILES string of the molecule is O=C(CC(O)c1cc(Cl)cc(Cl)c1)N[C@@H]1C=C[C@H](CO)C1. The number of hydrogen-bond donors (Lipinski definition) is 3. The van der Waals surface area contributed by atoms with E-state index < -0.39 is 6.10 Å². The van der Waals surface area contributed by atoms with Crippen LogP contribution in [0.2, 0.25) is 10.0 Å². The van der Waals surface area contributed by atoms with Crippen LogP contribution in [0.15, 0.2) is 30.4 Å². The third-order valence-electron chi connectivity index (χ3n) is 3.40. The number of amides is 1. The predicted molar refractivity (Wildman–Crippen MR) is 82.3 cm³/mol. The summed E-state index contributed by atoms with van der Waals surface area (Å²) < 4.78 is 0. The first-order chi connectivity index (χ1) is 9.97. The van der Waals surface area contributed by atoms with Crippen LogP contribution in [0.4, 0.5) is 0 Å². The standard InChI is InChI=1S/C15H17Cl2NO3/c16-11-4-10(5-12(17)6-11)14(20)7-15(21)18-13-2-1-9(3-13)8-19/h1-2,4-6,9,13-14,19-20H,3,7-8H2,(H,18,21)/t9-,13+,14?/m0/s1. The number of nitrogens with one attached hydrogen (secondary N) is 1. The third kappa shape index (κ3) is 4.71. The van der Waals surface area contributed by atoms with Crippen molar-refractivity contribution >= 4 is 29.1 Å². The molecule has 6 heteroatoms. The molecule has 0 fully saturated rings. The van der Waals surface area contributed by atoms with Crippen LogP contribution in [-0.2, 0) is 4.79 Å². The lowest BCUT2D eigenvalue weighted by Crippen LogP contribution is -2.33. The number of aliphatic hydroxyl groups is 2. The van der Waals surface area contributed by atoms with Crippen molar-refractivity contribution in [3.63, 3.8) is 0 Å². The van der Waals surface area contributed by atoms with E-state index in [9.17, 15) is 9.90 Å². The van der Waals surface area contributed by atoms with Crippen LogP contribution in [-0.4, -0.2) is 28.8 Å². The summed E-state index contributed by atoms with van der Waals surface area (Å²) in [5, 5.41) is 22.8. The first-order valence-electron chi connectivity index (χ1n) is 6.70. The minimum Gasteiger partial charge on any atom is -0.396 e. The fourth-order valence-corrected chi connectivity index (χ4v) is 2.89. The molecule has 1 unspecified atom stereocenters. The Bertz CT molecular complexity index is 527. The van der Waals surface area contributed by atoms with Crippen LogP contribution in [0.5, 0.6) is 0 Å². The van der Waals surface area contributed by atoms with Crippen molar-refractivity contribution < 1.29 is 15.0 Å². The molecule has 1 aromatic carbocycles. The quantitative estimate of drug-likeness (QED) is 0.727. The van der Waals surface area contributed by atoms with Gasteiger partial charge in [0, 0.05) is 28.6 Å². The van der Waals surface area contributed by atoms with Crippen molar-refractivity contribution in [2.24, 2.45) is 5.92 Å². The van der Waals surface area contributed by atoms with Gasteiger partial charge >= 0.3 is 0 Å². The van der Waals surface area contributed by atoms with Gasteiger partial charge in [0.05, 0.1) is 12.5 Å². The van der Waals surface area contributed by atoms with Crippen LogP contribution in [0.1, 0.15) is 24.5 Å². The molecule has 0 bridgehead atoms. The predicted octanol–water partition coefficient (Wildman–Crippen LogP) is 2.47. The average Bonchev–Trinajstić information content (AvgIpc) is 2.85. The summed E-state index contributed by atoms with van der Waals surface area (Å²) in [7, 11) is 0. The molecule has 21 heavy (non-hydrogen) atoms. The largest absolute Gasteiger partial charge is 0.396 e. The zero-order valence-electron chi connectivity index (χ0n) is 11.3. The van der Waals surface area contributed by atoms with Crippen molar-refractivity contribution in [1.82, 2.24) is 5.32 Å². The Labute approximate surface area is 133 Å². The van der Waals surface area contributed by atoms with E-state index in [0.29, 0.717) is 22.0 Å². The van der Waals surface area contributed by atoms with Gasteiger partial charge in [-0.3, -0.25) is 4.79 Å². The Kier molecular flexibility index (Phi) is 5.65. The van der Waals surface area contributed by atoms with Crippen molar-refractivity contribution in [3.05, 3.63) is 46.0 Å². The molecule has 1 aliphatic rings. The minimum absolute atomic E-state index is 0.0647. The van der Waals surface area contributed by atoms with Crippen molar-refractivity contribution in [2.75, 3.05) is 6.61 Å². The molecular formula is C15H17Cl2NO3. The van der Waals surface area contributed by atoms with E-state index in [0.717, 1.165) is 0 Å². The molecule has 4 nitrogen and oxygen atoms in total. The number of halogens is 2. The highest BCUT2D eigenvalue weighted by atomic mass is 35.5. The van der Waals surface area contributed by atoms with Crippen molar-refractivity contribution in [3.8, 4) is 0 Å². The van der Waals surface area contributed by atoms with Gasteiger partial charge in [0.1, 0.15) is 0 Å². The molecule has 1 aliphatic carbocycles. The van der Waals surface area contributed by atoms with Gasteiger partial charge in [0.25, 0.3) is 0 Å². The Hall–Kier alpha value is -1.07. The van der Waals surface area contributed by atoms with Gasteiger partial charge in [-0.1, -0.05) is 35.4 Å². The highest BCUT2D eigenvalue weighted by Gasteiger charge is 2.21. The van der Waals surface area contributed by atoms with E-state index in [-0.39, 0.29) is 30.9 Å². The zero-order valence-corrected chi connectivity index (χ0v) is 12.8. The molecule has 0 saturated carbocycles. The molecule has 1 aromatic rings. The summed E-state index contributed by atoms with van der Waals surface area (Å²) in [4.78, 5) is 11.9. The molecular weight excluding hydrogens is 313 g/mol. The zero-order chi connectivity index (χ0) is 15.4. The molecule has 0 aromatic heterocycles. The van der Waals surface area contributed by atoms with E-state index in [1.54, 1.807) is 18.2 Å². The van der Waals surface area contributed by atoms with Crippen LogP contribution in [0.25, 0.3) is 0 Å². The number of carbonyl (C=O) groups is 1. The van der Waals surface area contributed by atoms with Crippen molar-refractivity contribution in [1.29, 1.82) is 0 Å². The summed E-state index contributed by atoms with van der Waals surface area (Å²) in [5.41, 5.74) is 0.512. The van der Waals surface area contributed by atoms with E-state index in [1.165, 1.54) is 0 Å². The molecule has 3 N–H and O–H groups in total. The Morgan fingerprint density at radius 3 is 2.52 bits per heavy atom. The van der Waals surface area contributed by atoms with E-state index in [1.807, 2.05) is 12.2 Å². The first-order valence-corrected chi connectivity index (χ1v) is 7.46. The monoisotopic (exact) mass is 329 g/mol. The second-order valence-corrected chi connectivity index (χ2v) is 6.03. The number of aliphatic hydroxyl groups excluding tert-OH is 2. The summed E-state index contributed by atoms with van der Waals surface area (Å²) in [5.74, 6) is -0.168. The molecule has 0 aliphatic heterocycles. The normalized spacial score (nSPS) is 22.3. The fourth-order valence-electron chi connectivity index (χ4n) is 2.34. The molecule has 2 rings (SSSR count). The molecule has 0 spiro atoms. The van der Waals surface area contributed by atoms with Gasteiger partial charge in [-0.2, -0.15) is 0 Å². The fraction of sp³-hybridized carbons (Fsp3) is 0.400. The summed E-state index contributed by atoms with van der Waals surface area (Å²) >= 11 is 11.7. The maximum atomic E-state index is 11.9. The highest BCUT2D eigenvalue weighted by molar-refractivity contribution is 6.34. The van der Waals surface area contributed by atoms with Crippen LogP contribution < -0.4 is 5.32 Å². The molecule has 114 valence electrons. The van der Waals surface area contributed by atoms with Crippen LogP contribution in [0, 0.1) is 5.92 Å². The maximum Gasteiger partial charge on any atom is 0.223 e. The van der Waals surface area contributed by atoms with Crippen LogP contribution >= 0.6 is 23.2 Å². The lowest BCUT2D eigenvalue weighted by atomic mass is 10.1. The Balaban J connectivity index is 1.89. The summed E-state index contributed by atoms with van der Waals surface area (Å²) in [6.45, 7) is 0.0759. The number of benzene rings is 1. The summed E-state index contributed by atoms with van der Waals surface area (Å²) in [6, 6.07) is 4.65. The van der Waals surface area contributed by atoms with Crippen LogP contribution in [0.3, 0.4) is 0 Å². The van der Waals surface area contributed by atoms with E-state index >= 15 is 0 Å². The Morgan fingerprint density at radius 1 is 1.29 bits per heavy atom. The lowest BCUT2D eigenvalue weighted by molar-refractivity contribution is -0.123. The molecule has 1 amide bonds.